The van der Waals surface area contributed by atoms with Gasteiger partial charge in [-0.3, -0.25) is 4.79 Å². The zero-order valence-corrected chi connectivity index (χ0v) is 11.9. The summed E-state index contributed by atoms with van der Waals surface area (Å²) in [4.78, 5) is 16.4. The lowest BCUT2D eigenvalue weighted by atomic mass is 10.0. The summed E-state index contributed by atoms with van der Waals surface area (Å²) in [5, 5.41) is 0. The number of hydrogen-bond donors (Lipinski definition) is 1. The molecular weight excluding hydrogens is 230 g/mol. The quantitative estimate of drug-likeness (QED) is 0.695. The topological polar surface area (TPSA) is 58.8 Å². The first-order chi connectivity index (χ1) is 8.56. The number of rotatable bonds is 6. The highest BCUT2D eigenvalue weighted by Crippen LogP contribution is 2.16. The Kier molecular flexibility index (Phi) is 6.60. The van der Waals surface area contributed by atoms with Crippen LogP contribution in [0.5, 0.6) is 0 Å². The van der Waals surface area contributed by atoms with Crippen molar-refractivity contribution in [2.75, 3.05) is 40.4 Å². The minimum atomic E-state index is -0.410. The van der Waals surface area contributed by atoms with Crippen LogP contribution in [0, 0.1) is 0 Å². The van der Waals surface area contributed by atoms with E-state index in [9.17, 15) is 4.79 Å². The highest BCUT2D eigenvalue weighted by molar-refractivity contribution is 5.81. The minimum absolute atomic E-state index is 0.0701. The Labute approximate surface area is 110 Å². The molecule has 18 heavy (non-hydrogen) atoms. The third kappa shape index (κ3) is 4.55. The average Bonchev–Trinajstić information content (AvgIpc) is 2.35. The first kappa shape index (κ1) is 15.4. The summed E-state index contributed by atoms with van der Waals surface area (Å²) in [6, 6.07) is -0.0660. The van der Waals surface area contributed by atoms with Crippen LogP contribution in [-0.4, -0.2) is 68.2 Å². The highest BCUT2D eigenvalue weighted by atomic mass is 16.5. The standard InChI is InChI=1S/C13H27N3O2/c1-11(14)13(17)16(7-4-10-18-3)12-5-8-15(2)9-6-12/h11-12H,4-10,14H2,1-3H3/t11-/m0/s1. The van der Waals surface area contributed by atoms with E-state index in [1.807, 2.05) is 4.90 Å². The van der Waals surface area contributed by atoms with Crippen molar-refractivity contribution in [1.29, 1.82) is 0 Å². The van der Waals surface area contributed by atoms with Crippen LogP contribution < -0.4 is 5.73 Å². The summed E-state index contributed by atoms with van der Waals surface area (Å²) >= 11 is 0. The summed E-state index contributed by atoms with van der Waals surface area (Å²) in [6.45, 7) is 5.31. The van der Waals surface area contributed by atoms with E-state index in [1.165, 1.54) is 0 Å². The molecule has 2 N–H and O–H groups in total. The molecule has 1 aliphatic rings. The number of nitrogens with two attached hydrogens (primary N) is 1. The molecular formula is C13H27N3O2. The number of carbonyl (C=O) groups is 1. The fraction of sp³-hybridized carbons (Fsp3) is 0.923. The molecule has 1 aliphatic heterocycles. The van der Waals surface area contributed by atoms with Gasteiger partial charge < -0.3 is 20.3 Å². The molecule has 1 atom stereocenters. The fourth-order valence-electron chi connectivity index (χ4n) is 2.42. The number of piperidine rings is 1. The van der Waals surface area contributed by atoms with Gasteiger partial charge in [-0.1, -0.05) is 0 Å². The first-order valence-corrected chi connectivity index (χ1v) is 6.79. The van der Waals surface area contributed by atoms with Gasteiger partial charge >= 0.3 is 0 Å². The number of amides is 1. The van der Waals surface area contributed by atoms with Gasteiger partial charge in [-0.05, 0) is 46.3 Å². The van der Waals surface area contributed by atoms with Crippen molar-refractivity contribution in [3.05, 3.63) is 0 Å². The Morgan fingerprint density at radius 3 is 2.61 bits per heavy atom. The molecule has 0 radical (unpaired) electrons. The van der Waals surface area contributed by atoms with Gasteiger partial charge in [-0.2, -0.15) is 0 Å². The Hall–Kier alpha value is -0.650. The van der Waals surface area contributed by atoms with Gasteiger partial charge in [0, 0.05) is 26.3 Å². The van der Waals surface area contributed by atoms with E-state index in [4.69, 9.17) is 10.5 Å². The molecule has 0 aromatic rings. The molecule has 0 aromatic heterocycles. The maximum absolute atomic E-state index is 12.2. The normalized spacial score (nSPS) is 19.8. The third-order valence-corrected chi connectivity index (χ3v) is 3.55. The molecule has 1 rings (SSSR count). The zero-order valence-electron chi connectivity index (χ0n) is 11.9. The lowest BCUT2D eigenvalue weighted by molar-refractivity contribution is -0.135. The third-order valence-electron chi connectivity index (χ3n) is 3.55. The van der Waals surface area contributed by atoms with E-state index >= 15 is 0 Å². The molecule has 0 bridgehead atoms. The number of methoxy groups -OCH3 is 1. The van der Waals surface area contributed by atoms with Crippen LogP contribution in [0.25, 0.3) is 0 Å². The van der Waals surface area contributed by atoms with Crippen LogP contribution in [-0.2, 0) is 9.53 Å². The first-order valence-electron chi connectivity index (χ1n) is 6.79. The Morgan fingerprint density at radius 2 is 2.11 bits per heavy atom. The second-order valence-corrected chi connectivity index (χ2v) is 5.20. The SMILES string of the molecule is COCCCN(C(=O)[C@H](C)N)C1CCN(C)CC1. The Balaban J connectivity index is 2.55. The van der Waals surface area contributed by atoms with Gasteiger partial charge in [-0.25, -0.2) is 0 Å². The van der Waals surface area contributed by atoms with Crippen molar-refractivity contribution >= 4 is 5.91 Å². The van der Waals surface area contributed by atoms with E-state index in [0.29, 0.717) is 12.6 Å². The van der Waals surface area contributed by atoms with Crippen molar-refractivity contribution in [3.63, 3.8) is 0 Å². The summed E-state index contributed by atoms with van der Waals surface area (Å²) in [5.74, 6) is 0.0701. The van der Waals surface area contributed by atoms with Gasteiger partial charge in [0.15, 0.2) is 0 Å². The van der Waals surface area contributed by atoms with E-state index in [2.05, 4.69) is 11.9 Å². The number of nitrogens with zero attached hydrogens (tertiary/aromatic N) is 2. The van der Waals surface area contributed by atoms with Crippen LogP contribution >= 0.6 is 0 Å². The molecule has 106 valence electrons. The van der Waals surface area contributed by atoms with Crippen molar-refractivity contribution in [3.8, 4) is 0 Å². The predicted molar refractivity (Wildman–Crippen MR) is 72.4 cm³/mol. The molecule has 0 unspecified atom stereocenters. The van der Waals surface area contributed by atoms with Gasteiger partial charge in [0.2, 0.25) is 5.91 Å². The van der Waals surface area contributed by atoms with Crippen LogP contribution in [0.3, 0.4) is 0 Å². The van der Waals surface area contributed by atoms with Crippen molar-refractivity contribution in [1.82, 2.24) is 9.80 Å². The molecule has 0 spiro atoms. The highest BCUT2D eigenvalue weighted by Gasteiger charge is 2.27. The second kappa shape index (κ2) is 7.71. The summed E-state index contributed by atoms with van der Waals surface area (Å²) in [7, 11) is 3.81. The molecule has 5 heteroatoms. The van der Waals surface area contributed by atoms with Gasteiger partial charge in [-0.15, -0.1) is 0 Å². The predicted octanol–water partition coefficient (Wildman–Crippen LogP) is 0.293. The van der Waals surface area contributed by atoms with Crippen LogP contribution in [0.4, 0.5) is 0 Å². The zero-order chi connectivity index (χ0) is 13.5. The molecule has 0 aromatic carbocycles. The maximum atomic E-state index is 12.2. The Morgan fingerprint density at radius 1 is 1.50 bits per heavy atom. The van der Waals surface area contributed by atoms with E-state index in [-0.39, 0.29) is 5.91 Å². The summed E-state index contributed by atoms with van der Waals surface area (Å²) < 4.78 is 5.06. The van der Waals surface area contributed by atoms with Gasteiger partial charge in [0.25, 0.3) is 0 Å². The minimum Gasteiger partial charge on any atom is -0.385 e. The summed E-state index contributed by atoms with van der Waals surface area (Å²) in [6.07, 6.45) is 2.96. The lowest BCUT2D eigenvalue weighted by Crippen LogP contribution is -2.51. The molecule has 0 aliphatic carbocycles. The number of likely N-dealkylation sites (tertiary alicyclic amines) is 1. The van der Waals surface area contributed by atoms with Gasteiger partial charge in [0.05, 0.1) is 6.04 Å². The van der Waals surface area contributed by atoms with Crippen molar-refractivity contribution in [2.45, 2.75) is 38.3 Å². The monoisotopic (exact) mass is 257 g/mol. The van der Waals surface area contributed by atoms with Gasteiger partial charge in [0.1, 0.15) is 0 Å². The molecule has 5 nitrogen and oxygen atoms in total. The van der Waals surface area contributed by atoms with Crippen molar-refractivity contribution in [2.24, 2.45) is 5.73 Å². The number of ether oxygens (including phenoxy) is 1. The van der Waals surface area contributed by atoms with E-state index in [1.54, 1.807) is 14.0 Å². The summed E-state index contributed by atoms with van der Waals surface area (Å²) in [5.41, 5.74) is 5.74. The maximum Gasteiger partial charge on any atom is 0.239 e. The molecule has 1 heterocycles. The fourth-order valence-corrected chi connectivity index (χ4v) is 2.42. The van der Waals surface area contributed by atoms with Crippen LogP contribution in [0.2, 0.25) is 0 Å². The van der Waals surface area contributed by atoms with E-state index < -0.39 is 6.04 Å². The van der Waals surface area contributed by atoms with Crippen LogP contribution in [0.15, 0.2) is 0 Å². The van der Waals surface area contributed by atoms with E-state index in [0.717, 1.165) is 38.9 Å². The average molecular weight is 257 g/mol. The van der Waals surface area contributed by atoms with Crippen LogP contribution in [0.1, 0.15) is 26.2 Å². The Bertz CT molecular complexity index is 251. The number of hydrogen-bond acceptors (Lipinski definition) is 4. The molecule has 1 saturated heterocycles. The molecule has 0 saturated carbocycles. The number of carbonyl (C=O) groups excluding carboxylic acids is 1. The second-order valence-electron chi connectivity index (χ2n) is 5.20. The van der Waals surface area contributed by atoms with Crippen molar-refractivity contribution < 1.29 is 9.53 Å². The molecule has 1 amide bonds. The smallest absolute Gasteiger partial charge is 0.239 e. The lowest BCUT2D eigenvalue weighted by Gasteiger charge is -2.38. The molecule has 1 fully saturated rings. The largest absolute Gasteiger partial charge is 0.385 e.